The fourth-order valence-corrected chi connectivity index (χ4v) is 5.99. The fraction of sp³-hybridized carbons (Fsp3) is 0.476. The zero-order chi connectivity index (χ0) is 19.3. The number of carbonyl (C=O) groups excluding carboxylic acids is 1. The molecule has 1 aliphatic carbocycles. The molecule has 4 nitrogen and oxygen atoms in total. The number of phenols is 1. The molecule has 2 aromatic rings. The molecule has 0 unspecified atom stereocenters. The van der Waals surface area contributed by atoms with Crippen LogP contribution in [0.1, 0.15) is 66.1 Å². The van der Waals surface area contributed by atoms with Crippen molar-refractivity contribution in [3.8, 4) is 5.75 Å². The highest BCUT2D eigenvalue weighted by Crippen LogP contribution is 2.47. The second kappa shape index (κ2) is 6.82. The lowest BCUT2D eigenvalue weighted by Crippen LogP contribution is -2.38. The first-order valence-corrected chi connectivity index (χ1v) is 11.1. The minimum atomic E-state index is -0.352. The minimum Gasteiger partial charge on any atom is -0.508 e. The number of thiophene rings is 1. The lowest BCUT2D eigenvalue weighted by Gasteiger charge is -2.36. The Morgan fingerprint density at radius 2 is 2.11 bits per heavy atom. The van der Waals surface area contributed by atoms with Gasteiger partial charge in [0.2, 0.25) is 0 Å². The van der Waals surface area contributed by atoms with Gasteiger partial charge in [0, 0.05) is 14.9 Å². The molecule has 0 saturated heterocycles. The van der Waals surface area contributed by atoms with Crippen molar-refractivity contribution in [2.24, 2.45) is 11.3 Å². The van der Waals surface area contributed by atoms with E-state index in [1.807, 2.05) is 0 Å². The molecule has 0 bridgehead atoms. The number of anilines is 1. The Morgan fingerprint density at radius 1 is 1.33 bits per heavy atom. The maximum atomic E-state index is 12.9. The summed E-state index contributed by atoms with van der Waals surface area (Å²) in [5.41, 5.74) is 3.21. The highest BCUT2D eigenvalue weighted by atomic mass is 79.9. The van der Waals surface area contributed by atoms with Gasteiger partial charge < -0.3 is 15.7 Å². The molecular weight excluding hydrogens is 424 g/mol. The lowest BCUT2D eigenvalue weighted by atomic mass is 9.69. The quantitative estimate of drug-likeness (QED) is 0.571. The Balaban J connectivity index is 1.66. The van der Waals surface area contributed by atoms with Crippen molar-refractivity contribution in [1.29, 1.82) is 0 Å². The van der Waals surface area contributed by atoms with Crippen molar-refractivity contribution >= 4 is 38.2 Å². The van der Waals surface area contributed by atoms with Crippen LogP contribution in [-0.4, -0.2) is 11.0 Å². The highest BCUT2D eigenvalue weighted by molar-refractivity contribution is 9.10. The standard InChI is InChI=1S/C21H25BrN2O2S/c1-4-21(2,3)11-5-7-13-16(9-11)27-20-17(13)19(26)23-18(24-20)14-10-12(25)6-8-15(14)22/h6,8,10-11,18,24-25H,4-5,7,9H2,1-3H3,(H,23,26)/t11-,18+/m0/s1. The third-order valence-corrected chi connectivity index (χ3v) is 8.26. The number of fused-ring (bicyclic) bond motifs is 3. The van der Waals surface area contributed by atoms with Crippen LogP contribution in [0.5, 0.6) is 5.75 Å². The van der Waals surface area contributed by atoms with Gasteiger partial charge in [0.05, 0.1) is 5.56 Å². The minimum absolute atomic E-state index is 0.0188. The van der Waals surface area contributed by atoms with Gasteiger partial charge in [-0.15, -0.1) is 11.3 Å². The molecule has 0 spiro atoms. The van der Waals surface area contributed by atoms with E-state index < -0.39 is 0 Å². The second-order valence-electron chi connectivity index (χ2n) is 8.25. The topological polar surface area (TPSA) is 61.4 Å². The van der Waals surface area contributed by atoms with Gasteiger partial charge >= 0.3 is 0 Å². The number of carbonyl (C=O) groups is 1. The molecule has 2 aliphatic rings. The van der Waals surface area contributed by atoms with Gasteiger partial charge in [0.1, 0.15) is 16.9 Å². The second-order valence-corrected chi connectivity index (χ2v) is 10.2. The molecule has 27 heavy (non-hydrogen) atoms. The van der Waals surface area contributed by atoms with Crippen LogP contribution < -0.4 is 10.6 Å². The smallest absolute Gasteiger partial charge is 0.256 e. The Labute approximate surface area is 172 Å². The number of phenolic OH excluding ortho intramolecular Hbond substituents is 1. The zero-order valence-electron chi connectivity index (χ0n) is 15.9. The predicted molar refractivity (Wildman–Crippen MR) is 114 cm³/mol. The van der Waals surface area contributed by atoms with Gasteiger partial charge in [-0.1, -0.05) is 43.1 Å². The summed E-state index contributed by atoms with van der Waals surface area (Å²) >= 11 is 5.25. The molecule has 144 valence electrons. The van der Waals surface area contributed by atoms with E-state index in [9.17, 15) is 9.90 Å². The van der Waals surface area contributed by atoms with Crippen molar-refractivity contribution in [3.05, 3.63) is 44.2 Å². The van der Waals surface area contributed by atoms with Crippen molar-refractivity contribution in [1.82, 2.24) is 5.32 Å². The van der Waals surface area contributed by atoms with E-state index in [4.69, 9.17) is 0 Å². The van der Waals surface area contributed by atoms with Crippen LogP contribution in [0.3, 0.4) is 0 Å². The average molecular weight is 449 g/mol. The normalized spacial score (nSPS) is 21.9. The van der Waals surface area contributed by atoms with E-state index in [1.54, 1.807) is 29.5 Å². The van der Waals surface area contributed by atoms with Crippen molar-refractivity contribution < 1.29 is 9.90 Å². The fourth-order valence-electron chi connectivity index (χ4n) is 4.16. The number of halogens is 1. The van der Waals surface area contributed by atoms with Gasteiger partial charge in [-0.2, -0.15) is 0 Å². The molecule has 1 amide bonds. The summed E-state index contributed by atoms with van der Waals surface area (Å²) in [7, 11) is 0. The molecule has 1 aromatic carbocycles. The van der Waals surface area contributed by atoms with Crippen LogP contribution in [0.4, 0.5) is 5.00 Å². The Bertz CT molecular complexity index is 906. The number of rotatable bonds is 3. The monoisotopic (exact) mass is 448 g/mol. The van der Waals surface area contributed by atoms with E-state index in [0.29, 0.717) is 11.3 Å². The van der Waals surface area contributed by atoms with Crippen LogP contribution in [0.25, 0.3) is 0 Å². The Kier molecular flexibility index (Phi) is 4.75. The van der Waals surface area contributed by atoms with Crippen molar-refractivity contribution in [2.45, 2.75) is 52.6 Å². The molecule has 2 atom stereocenters. The highest BCUT2D eigenvalue weighted by Gasteiger charge is 2.37. The third-order valence-electron chi connectivity index (χ3n) is 6.35. The van der Waals surface area contributed by atoms with Gasteiger partial charge in [0.15, 0.2) is 0 Å². The molecule has 0 saturated carbocycles. The number of aromatic hydroxyl groups is 1. The molecule has 1 aromatic heterocycles. The Morgan fingerprint density at radius 3 is 2.85 bits per heavy atom. The van der Waals surface area contributed by atoms with Gasteiger partial charge in [-0.05, 0) is 54.4 Å². The molecule has 1 aliphatic heterocycles. The van der Waals surface area contributed by atoms with Crippen LogP contribution in [0.15, 0.2) is 22.7 Å². The van der Waals surface area contributed by atoms with Gasteiger partial charge in [-0.3, -0.25) is 4.79 Å². The van der Waals surface area contributed by atoms with E-state index >= 15 is 0 Å². The first-order valence-electron chi connectivity index (χ1n) is 9.50. The number of benzene rings is 1. The van der Waals surface area contributed by atoms with E-state index in [2.05, 4.69) is 47.3 Å². The summed E-state index contributed by atoms with van der Waals surface area (Å²) in [4.78, 5) is 14.3. The van der Waals surface area contributed by atoms with Gasteiger partial charge in [0.25, 0.3) is 5.91 Å². The summed E-state index contributed by atoms with van der Waals surface area (Å²) in [5.74, 6) is 0.828. The maximum Gasteiger partial charge on any atom is 0.256 e. The van der Waals surface area contributed by atoms with Crippen LogP contribution in [0.2, 0.25) is 0 Å². The SMILES string of the molecule is CCC(C)(C)[C@H]1CCc2c(sc3c2C(=O)N[C@@H](c2cc(O)ccc2Br)N3)C1. The first kappa shape index (κ1) is 18.8. The van der Waals surface area contributed by atoms with Crippen LogP contribution >= 0.6 is 27.3 Å². The molecule has 0 fully saturated rings. The molecule has 2 heterocycles. The van der Waals surface area contributed by atoms with Crippen molar-refractivity contribution in [2.75, 3.05) is 5.32 Å². The first-order chi connectivity index (χ1) is 12.8. The number of nitrogens with one attached hydrogen (secondary N) is 2. The molecule has 3 N–H and O–H groups in total. The number of hydrogen-bond donors (Lipinski definition) is 3. The molecular formula is C21H25BrN2O2S. The third kappa shape index (κ3) is 3.27. The summed E-state index contributed by atoms with van der Waals surface area (Å²) < 4.78 is 0.854. The zero-order valence-corrected chi connectivity index (χ0v) is 18.3. The maximum absolute atomic E-state index is 12.9. The largest absolute Gasteiger partial charge is 0.508 e. The van der Waals surface area contributed by atoms with Crippen molar-refractivity contribution in [3.63, 3.8) is 0 Å². The van der Waals surface area contributed by atoms with E-state index in [1.165, 1.54) is 16.9 Å². The summed E-state index contributed by atoms with van der Waals surface area (Å²) in [6, 6.07) is 5.11. The van der Waals surface area contributed by atoms with Gasteiger partial charge in [-0.25, -0.2) is 0 Å². The Hall–Kier alpha value is -1.53. The summed E-state index contributed by atoms with van der Waals surface area (Å²) in [6.07, 6.45) is 4.00. The molecule has 0 radical (unpaired) electrons. The summed E-state index contributed by atoms with van der Waals surface area (Å²) in [6.45, 7) is 6.98. The average Bonchev–Trinajstić information content (AvgIpc) is 3.01. The molecule has 4 rings (SSSR count). The number of amides is 1. The van der Waals surface area contributed by atoms with E-state index in [0.717, 1.165) is 39.9 Å². The molecule has 6 heteroatoms. The van der Waals surface area contributed by atoms with E-state index in [-0.39, 0.29) is 17.8 Å². The number of hydrogen-bond acceptors (Lipinski definition) is 4. The van der Waals surface area contributed by atoms with Crippen LogP contribution in [-0.2, 0) is 12.8 Å². The predicted octanol–water partition coefficient (Wildman–Crippen LogP) is 5.61. The van der Waals surface area contributed by atoms with Crippen LogP contribution in [0, 0.1) is 11.3 Å². The summed E-state index contributed by atoms with van der Waals surface area (Å²) in [5, 5.41) is 17.3. The lowest BCUT2D eigenvalue weighted by molar-refractivity contribution is 0.0934.